The zero-order valence-corrected chi connectivity index (χ0v) is 18.3. The third kappa shape index (κ3) is 5.90. The van der Waals surface area contributed by atoms with Crippen molar-refractivity contribution in [2.45, 2.75) is 24.7 Å². The first-order chi connectivity index (χ1) is 14.9. The van der Waals surface area contributed by atoms with Gasteiger partial charge in [-0.15, -0.1) is 0 Å². The number of halogens is 3. The van der Waals surface area contributed by atoms with Crippen molar-refractivity contribution in [2.24, 2.45) is 0 Å². The number of aromatic nitrogens is 3. The van der Waals surface area contributed by atoms with Gasteiger partial charge in [0, 0.05) is 12.6 Å². The molecule has 0 aliphatic carbocycles. The van der Waals surface area contributed by atoms with Crippen LogP contribution in [-0.4, -0.2) is 52.7 Å². The highest BCUT2D eigenvalue weighted by Gasteiger charge is 2.53. The van der Waals surface area contributed by atoms with E-state index in [1.165, 1.54) is 0 Å². The van der Waals surface area contributed by atoms with Gasteiger partial charge in [0.05, 0.1) is 0 Å². The highest BCUT2D eigenvalue weighted by molar-refractivity contribution is 7.66. The molecule has 2 aromatic heterocycles. The molecule has 0 aromatic carbocycles. The molecule has 1 fully saturated rings. The van der Waals surface area contributed by atoms with Crippen LogP contribution in [-0.2, 0) is 31.6 Å². The minimum Gasteiger partial charge on any atom is -0.369 e. The van der Waals surface area contributed by atoms with E-state index in [2.05, 4.69) is 18.1 Å². The number of nitrogens with zero attached hydrogens (tertiary/aromatic N) is 2. The Balaban J connectivity index is 1.77. The van der Waals surface area contributed by atoms with Crippen LogP contribution in [0.25, 0.3) is 11.0 Å². The predicted octanol–water partition coefficient (Wildman–Crippen LogP) is 0.712. The molecule has 0 amide bonds. The van der Waals surface area contributed by atoms with Crippen LogP contribution in [0.5, 0.6) is 0 Å². The second kappa shape index (κ2) is 8.55. The van der Waals surface area contributed by atoms with E-state index in [-0.39, 0.29) is 0 Å². The number of phosphoric ester groups is 1. The molecule has 2 unspecified atom stereocenters. The van der Waals surface area contributed by atoms with E-state index in [0.29, 0.717) is 6.20 Å². The van der Waals surface area contributed by atoms with Crippen molar-refractivity contribution in [3.8, 4) is 0 Å². The number of hydrogen-bond donors (Lipinski definition) is 6. The van der Waals surface area contributed by atoms with Crippen LogP contribution in [0.3, 0.4) is 0 Å². The number of hydrogen-bond acceptors (Lipinski definition) is 10. The van der Waals surface area contributed by atoms with Crippen LogP contribution < -0.4 is 11.3 Å². The standard InChI is InChI=1S/C11H14F3N4O12P3/c12-4-2-18(8-7(4)9(19)17-10(15)16-8)6-1-5(13)11(14,28-6)3-27-32(23,24)30-33(25,26)29-31(20,21)22/h2,5-6H,1,3H2,(H,23,24)(H,25,26)(H2,20,21,22)(H3,15,16,17,19)/t5-,6+,11+/m0/s1. The fourth-order valence-electron chi connectivity index (χ4n) is 2.82. The molecule has 1 aliphatic rings. The fourth-order valence-corrected chi connectivity index (χ4v) is 5.85. The van der Waals surface area contributed by atoms with E-state index < -0.39 is 83.1 Å². The summed E-state index contributed by atoms with van der Waals surface area (Å²) >= 11 is 0. The summed E-state index contributed by atoms with van der Waals surface area (Å²) in [5.41, 5.74) is 3.97. The highest BCUT2D eigenvalue weighted by atomic mass is 31.3. The van der Waals surface area contributed by atoms with E-state index in [0.717, 1.165) is 4.57 Å². The van der Waals surface area contributed by atoms with Crippen molar-refractivity contribution in [2.75, 3.05) is 12.3 Å². The maximum absolute atomic E-state index is 14.9. The van der Waals surface area contributed by atoms with E-state index >= 15 is 0 Å². The first-order valence-electron chi connectivity index (χ1n) is 8.26. The van der Waals surface area contributed by atoms with Crippen molar-refractivity contribution in [1.82, 2.24) is 14.5 Å². The number of nitrogens with one attached hydrogen (secondary N) is 1. The summed E-state index contributed by atoms with van der Waals surface area (Å²) in [4.78, 5) is 52.9. The normalized spacial score (nSPS) is 27.5. The van der Waals surface area contributed by atoms with E-state index in [4.69, 9.17) is 25.2 Å². The van der Waals surface area contributed by atoms with Gasteiger partial charge >= 0.3 is 23.5 Å². The molecule has 3 rings (SSSR count). The summed E-state index contributed by atoms with van der Waals surface area (Å²) in [6.45, 7) is -1.74. The monoisotopic (exact) mass is 544 g/mol. The van der Waals surface area contributed by atoms with Crippen molar-refractivity contribution in [1.29, 1.82) is 0 Å². The van der Waals surface area contributed by atoms with Crippen molar-refractivity contribution in [3.63, 3.8) is 0 Å². The SMILES string of the molecule is Nc1nc2c(c(F)cn2[C@H]2C[C@H](F)[C@@](F)(COP(=O)(O)OP(=O)(O)OP(=O)(O)O)O2)c(=O)[nH]1. The maximum Gasteiger partial charge on any atom is 0.490 e. The quantitative estimate of drug-likeness (QED) is 0.251. The fraction of sp³-hybridized carbons (Fsp3) is 0.455. The van der Waals surface area contributed by atoms with E-state index in [9.17, 15) is 36.6 Å². The Hall–Kier alpha value is -1.62. The molecule has 0 spiro atoms. The summed E-state index contributed by atoms with van der Waals surface area (Å²) in [5, 5.41) is -0.590. The molecule has 7 N–H and O–H groups in total. The van der Waals surface area contributed by atoms with Gasteiger partial charge in [-0.2, -0.15) is 13.6 Å². The minimum atomic E-state index is -5.88. The van der Waals surface area contributed by atoms with Crippen LogP contribution in [0, 0.1) is 5.82 Å². The number of fused-ring (bicyclic) bond motifs is 1. The molecule has 0 bridgehead atoms. The minimum absolute atomic E-state index is 0.428. The number of phosphoric acid groups is 3. The van der Waals surface area contributed by atoms with Gasteiger partial charge in [-0.1, -0.05) is 0 Å². The zero-order valence-electron chi connectivity index (χ0n) is 15.6. The number of ether oxygens (including phenoxy) is 1. The molecular formula is C11H14F3N4O12P3. The lowest BCUT2D eigenvalue weighted by atomic mass is 10.2. The molecule has 1 saturated heterocycles. The van der Waals surface area contributed by atoms with Gasteiger partial charge in [0.15, 0.2) is 17.6 Å². The lowest BCUT2D eigenvalue weighted by Gasteiger charge is -2.23. The number of nitrogen functional groups attached to an aromatic ring is 1. The van der Waals surface area contributed by atoms with Gasteiger partial charge in [-0.25, -0.2) is 26.9 Å². The Morgan fingerprint density at radius 1 is 1.27 bits per heavy atom. The Labute approximate surface area is 179 Å². The van der Waals surface area contributed by atoms with E-state index in [1.807, 2.05) is 4.98 Å². The molecule has 0 radical (unpaired) electrons. The predicted molar refractivity (Wildman–Crippen MR) is 98.0 cm³/mol. The van der Waals surface area contributed by atoms with Crippen LogP contribution >= 0.6 is 23.5 Å². The molecule has 1 aliphatic heterocycles. The van der Waals surface area contributed by atoms with Gasteiger partial charge in [0.2, 0.25) is 5.95 Å². The third-order valence-electron chi connectivity index (χ3n) is 4.01. The van der Waals surface area contributed by atoms with Gasteiger partial charge in [-0.3, -0.25) is 14.3 Å². The van der Waals surface area contributed by atoms with Gasteiger partial charge < -0.3 is 34.6 Å². The topological polar surface area (TPSA) is 246 Å². The molecular weight excluding hydrogens is 530 g/mol. The van der Waals surface area contributed by atoms with E-state index in [1.54, 1.807) is 0 Å². The Morgan fingerprint density at radius 3 is 2.52 bits per heavy atom. The van der Waals surface area contributed by atoms with Crippen molar-refractivity contribution in [3.05, 3.63) is 22.4 Å². The second-order valence-corrected chi connectivity index (χ2v) is 10.9. The molecule has 2 aromatic rings. The lowest BCUT2D eigenvalue weighted by molar-refractivity contribution is -0.192. The molecule has 16 nitrogen and oxygen atoms in total. The van der Waals surface area contributed by atoms with Gasteiger partial charge in [0.25, 0.3) is 11.4 Å². The average molecular weight is 544 g/mol. The average Bonchev–Trinajstić information content (AvgIpc) is 3.07. The summed E-state index contributed by atoms with van der Waals surface area (Å²) in [6, 6.07) is 0. The smallest absolute Gasteiger partial charge is 0.369 e. The number of nitrogens with two attached hydrogens (primary N) is 1. The first kappa shape index (κ1) is 26.0. The third-order valence-corrected chi connectivity index (χ3v) is 7.80. The molecule has 33 heavy (non-hydrogen) atoms. The number of rotatable bonds is 8. The molecule has 186 valence electrons. The molecule has 5 atom stereocenters. The number of alkyl halides is 2. The summed E-state index contributed by atoms with van der Waals surface area (Å²) < 4.78 is 93.5. The van der Waals surface area contributed by atoms with Crippen LogP contribution in [0.15, 0.2) is 11.0 Å². The molecule has 0 saturated carbocycles. The van der Waals surface area contributed by atoms with Crippen LogP contribution in [0.1, 0.15) is 12.6 Å². The summed E-state index contributed by atoms with van der Waals surface area (Å²) in [5.74, 6) is -5.07. The van der Waals surface area contributed by atoms with Crippen LogP contribution in [0.4, 0.5) is 19.1 Å². The summed E-state index contributed by atoms with van der Waals surface area (Å²) in [7, 11) is -17.3. The highest BCUT2D eigenvalue weighted by Crippen LogP contribution is 2.66. The van der Waals surface area contributed by atoms with Gasteiger partial charge in [-0.05, 0) is 0 Å². The van der Waals surface area contributed by atoms with Crippen LogP contribution in [0.2, 0.25) is 0 Å². The molecule has 22 heteroatoms. The van der Waals surface area contributed by atoms with Gasteiger partial charge in [0.1, 0.15) is 18.2 Å². The Morgan fingerprint density at radius 2 is 1.91 bits per heavy atom. The number of H-pyrrole nitrogens is 1. The maximum atomic E-state index is 14.9. The first-order valence-corrected chi connectivity index (χ1v) is 12.8. The second-order valence-electron chi connectivity index (χ2n) is 6.46. The largest absolute Gasteiger partial charge is 0.490 e. The van der Waals surface area contributed by atoms with Crippen molar-refractivity contribution < 1.29 is 64.3 Å². The zero-order chi connectivity index (χ0) is 25.0. The Bertz CT molecular complexity index is 1280. The Kier molecular flexibility index (Phi) is 6.73. The lowest BCUT2D eigenvalue weighted by Crippen LogP contribution is -2.36. The summed E-state index contributed by atoms with van der Waals surface area (Å²) in [6.07, 6.45) is -4.43. The number of anilines is 1. The van der Waals surface area contributed by atoms with Crippen molar-refractivity contribution >= 4 is 40.4 Å². The molecule has 3 heterocycles. The number of aromatic amines is 1.